The van der Waals surface area contributed by atoms with Gasteiger partial charge in [0.1, 0.15) is 0 Å². The molecule has 69 heavy (non-hydrogen) atoms. The van der Waals surface area contributed by atoms with Gasteiger partial charge >= 0.3 is 0 Å². The lowest BCUT2D eigenvalue weighted by atomic mass is 9.78. The highest BCUT2D eigenvalue weighted by Gasteiger charge is 2.24. The van der Waals surface area contributed by atoms with E-state index in [-0.39, 0.29) is 5.41 Å². The van der Waals surface area contributed by atoms with Crippen molar-refractivity contribution in [2.45, 2.75) is 73.6 Å². The molecule has 10 aromatic rings. The molecule has 0 saturated carbocycles. The van der Waals surface area contributed by atoms with Gasteiger partial charge in [0.05, 0.1) is 0 Å². The zero-order valence-corrected chi connectivity index (χ0v) is 41.4. The SMILES string of the molecule is CCC(C)(CC)c1cccc(N(c2ccc(-c3ccc4c(-c5c(C)ccc6cc(-c7ccc(N(c8cccc(C)c8)c8cccc(C)c8)cc7)ccc56)c(C)ccc4c3)cc2)c2cccc(C)c2)c1. The molecule has 10 aromatic carbocycles. The number of benzene rings is 10. The van der Waals surface area contributed by atoms with Gasteiger partial charge in [-0.3, -0.25) is 0 Å². The van der Waals surface area contributed by atoms with Crippen molar-refractivity contribution in [3.05, 3.63) is 240 Å². The largest absolute Gasteiger partial charge is 0.310 e. The lowest BCUT2D eigenvalue weighted by molar-refractivity contribution is 0.439. The number of hydrogen-bond donors (Lipinski definition) is 0. The molecule has 0 N–H and O–H groups in total. The van der Waals surface area contributed by atoms with Crippen molar-refractivity contribution in [3.8, 4) is 33.4 Å². The molecule has 0 heterocycles. The Bertz CT molecular complexity index is 3440. The molecule has 0 unspecified atom stereocenters. The molecule has 340 valence electrons. The van der Waals surface area contributed by atoms with Crippen molar-refractivity contribution in [2.24, 2.45) is 0 Å². The Kier molecular flexibility index (Phi) is 12.3. The van der Waals surface area contributed by atoms with Gasteiger partial charge in [0.15, 0.2) is 0 Å². The standard InChI is InChI=1S/C67H62N2/c1-9-67(8,10-2)56-18-14-22-62(44-56)69(61-21-13-17-47(5)41-61)58-35-29-51(30-36-58)53-32-38-64-55(43-53)26-24-49(7)66(64)65-48(6)23-25-54-42-52(31-37-63(54)65)50-27-33-57(34-28-50)68(59-19-11-15-45(3)39-59)60-20-12-16-46(4)40-60/h11-44H,9-10H2,1-8H3. The van der Waals surface area contributed by atoms with Crippen LogP contribution in [0.15, 0.2) is 206 Å². The van der Waals surface area contributed by atoms with Crippen LogP contribution in [0.1, 0.15) is 67.0 Å². The van der Waals surface area contributed by atoms with E-state index in [0.717, 1.165) is 41.3 Å². The number of nitrogens with zero attached hydrogens (tertiary/aromatic N) is 2. The molecule has 0 aliphatic heterocycles. The summed E-state index contributed by atoms with van der Waals surface area (Å²) >= 11 is 0. The fourth-order valence-corrected chi connectivity index (χ4v) is 10.4. The molecular formula is C67H62N2. The quantitative estimate of drug-likeness (QED) is 0.121. The summed E-state index contributed by atoms with van der Waals surface area (Å²) in [5.41, 5.74) is 22.1. The van der Waals surface area contributed by atoms with Gasteiger partial charge in [-0.1, -0.05) is 142 Å². The summed E-state index contributed by atoms with van der Waals surface area (Å²) in [5.74, 6) is 0. The summed E-state index contributed by atoms with van der Waals surface area (Å²) in [7, 11) is 0. The highest BCUT2D eigenvalue weighted by molar-refractivity contribution is 6.09. The predicted molar refractivity (Wildman–Crippen MR) is 299 cm³/mol. The summed E-state index contributed by atoms with van der Waals surface area (Å²) in [4.78, 5) is 4.75. The second-order valence-electron chi connectivity index (χ2n) is 19.5. The number of fused-ring (bicyclic) bond motifs is 2. The third kappa shape index (κ3) is 8.84. The Balaban J connectivity index is 0.972. The minimum atomic E-state index is 0.130. The van der Waals surface area contributed by atoms with Crippen molar-refractivity contribution < 1.29 is 0 Å². The van der Waals surface area contributed by atoms with Crippen molar-refractivity contribution in [3.63, 3.8) is 0 Å². The fraction of sp³-hybridized carbons (Fsp3) is 0.164. The van der Waals surface area contributed by atoms with Crippen LogP contribution in [0.3, 0.4) is 0 Å². The first kappa shape index (κ1) is 45.1. The third-order valence-corrected chi connectivity index (χ3v) is 14.8. The average Bonchev–Trinajstić information content (AvgIpc) is 3.37. The van der Waals surface area contributed by atoms with Crippen LogP contribution in [0.2, 0.25) is 0 Å². The summed E-state index contributed by atoms with van der Waals surface area (Å²) in [6.45, 7) is 18.0. The maximum Gasteiger partial charge on any atom is 0.0464 e. The van der Waals surface area contributed by atoms with E-state index in [9.17, 15) is 0 Å². The third-order valence-electron chi connectivity index (χ3n) is 14.8. The zero-order valence-electron chi connectivity index (χ0n) is 41.4. The molecule has 0 aliphatic rings. The number of rotatable bonds is 12. The highest BCUT2D eigenvalue weighted by Crippen LogP contribution is 2.43. The molecule has 0 saturated heterocycles. The normalized spacial score (nSPS) is 11.6. The molecule has 0 spiro atoms. The topological polar surface area (TPSA) is 6.48 Å². The molecule has 0 radical (unpaired) electrons. The maximum absolute atomic E-state index is 2.40. The monoisotopic (exact) mass is 894 g/mol. The van der Waals surface area contributed by atoms with Crippen LogP contribution >= 0.6 is 0 Å². The molecule has 0 aliphatic carbocycles. The summed E-state index contributed by atoms with van der Waals surface area (Å²) in [6.07, 6.45) is 2.20. The van der Waals surface area contributed by atoms with Gasteiger partial charge in [-0.2, -0.15) is 0 Å². The Morgan fingerprint density at radius 1 is 0.333 bits per heavy atom. The van der Waals surface area contributed by atoms with E-state index >= 15 is 0 Å². The minimum absolute atomic E-state index is 0.130. The van der Waals surface area contributed by atoms with Crippen molar-refractivity contribution >= 4 is 55.7 Å². The molecule has 0 aromatic heterocycles. The van der Waals surface area contributed by atoms with Gasteiger partial charge < -0.3 is 9.80 Å². The van der Waals surface area contributed by atoms with Crippen LogP contribution in [0.25, 0.3) is 54.9 Å². The van der Waals surface area contributed by atoms with E-state index < -0.39 is 0 Å². The summed E-state index contributed by atoms with van der Waals surface area (Å²) in [6, 6.07) is 76.8. The van der Waals surface area contributed by atoms with Gasteiger partial charge in [-0.25, -0.2) is 0 Å². The smallest absolute Gasteiger partial charge is 0.0464 e. The second-order valence-corrected chi connectivity index (χ2v) is 19.5. The number of anilines is 6. The van der Waals surface area contributed by atoms with Crippen LogP contribution in [-0.4, -0.2) is 0 Å². The molecule has 0 atom stereocenters. The van der Waals surface area contributed by atoms with Crippen LogP contribution < -0.4 is 9.80 Å². The lowest BCUT2D eigenvalue weighted by Gasteiger charge is -2.31. The molecule has 0 amide bonds. The van der Waals surface area contributed by atoms with Crippen LogP contribution in [0, 0.1) is 34.6 Å². The van der Waals surface area contributed by atoms with Crippen LogP contribution in [0.4, 0.5) is 34.1 Å². The highest BCUT2D eigenvalue weighted by atomic mass is 15.1. The maximum atomic E-state index is 2.40. The first-order valence-corrected chi connectivity index (χ1v) is 24.7. The first-order chi connectivity index (χ1) is 33.5. The van der Waals surface area contributed by atoms with Gasteiger partial charge in [-0.15, -0.1) is 0 Å². The Morgan fingerprint density at radius 3 is 1.07 bits per heavy atom. The van der Waals surface area contributed by atoms with Gasteiger partial charge in [0, 0.05) is 34.1 Å². The molecule has 0 bridgehead atoms. The first-order valence-electron chi connectivity index (χ1n) is 24.7. The van der Waals surface area contributed by atoms with Gasteiger partial charge in [0.25, 0.3) is 0 Å². The molecule has 0 fully saturated rings. The van der Waals surface area contributed by atoms with Crippen molar-refractivity contribution in [1.82, 2.24) is 0 Å². The van der Waals surface area contributed by atoms with Crippen LogP contribution in [0.5, 0.6) is 0 Å². The van der Waals surface area contributed by atoms with E-state index in [1.807, 2.05) is 0 Å². The Labute approximate surface area is 410 Å². The summed E-state index contributed by atoms with van der Waals surface area (Å²) in [5, 5.41) is 5.02. The number of hydrogen-bond acceptors (Lipinski definition) is 2. The van der Waals surface area contributed by atoms with E-state index in [4.69, 9.17) is 0 Å². The average molecular weight is 895 g/mol. The fourth-order valence-electron chi connectivity index (χ4n) is 10.4. The Morgan fingerprint density at radius 2 is 0.696 bits per heavy atom. The lowest BCUT2D eigenvalue weighted by Crippen LogP contribution is -2.20. The second kappa shape index (κ2) is 18.8. The predicted octanol–water partition coefficient (Wildman–Crippen LogP) is 19.6. The van der Waals surface area contributed by atoms with E-state index in [1.165, 1.54) is 94.0 Å². The molecular weight excluding hydrogens is 833 g/mol. The molecule has 2 heteroatoms. The zero-order chi connectivity index (χ0) is 47.8. The van der Waals surface area contributed by atoms with Gasteiger partial charge in [0.2, 0.25) is 0 Å². The minimum Gasteiger partial charge on any atom is -0.310 e. The summed E-state index contributed by atoms with van der Waals surface area (Å²) < 4.78 is 0. The molecule has 2 nitrogen and oxygen atoms in total. The van der Waals surface area contributed by atoms with Gasteiger partial charge in [-0.05, 0) is 226 Å². The van der Waals surface area contributed by atoms with Crippen molar-refractivity contribution in [2.75, 3.05) is 9.80 Å². The van der Waals surface area contributed by atoms with E-state index in [0.29, 0.717) is 0 Å². The van der Waals surface area contributed by atoms with Crippen molar-refractivity contribution in [1.29, 1.82) is 0 Å². The molecule has 10 rings (SSSR count). The van der Waals surface area contributed by atoms with E-state index in [1.54, 1.807) is 0 Å². The Hall–Kier alpha value is -7.68. The van der Waals surface area contributed by atoms with Crippen LogP contribution in [-0.2, 0) is 5.41 Å². The van der Waals surface area contributed by atoms with E-state index in [2.05, 4.69) is 271 Å². The number of aryl methyl sites for hydroxylation is 5.